The molecule has 5 saturated heterocycles. The van der Waals surface area contributed by atoms with Crippen LogP contribution in [0.25, 0.3) is 0 Å². The number of quaternary nitrogens is 1. The number of piperidine rings is 3. The Kier molecular flexibility index (Phi) is 9.28. The number of hydrogen-bond acceptors (Lipinski definition) is 8. The third-order valence-corrected chi connectivity index (χ3v) is 10.8. The molecule has 5 aliphatic heterocycles. The smallest absolute Gasteiger partial charge is 0.233 e. The zero-order valence-corrected chi connectivity index (χ0v) is 22.7. The highest BCUT2D eigenvalue weighted by Crippen LogP contribution is 2.33. The van der Waals surface area contributed by atoms with Crippen molar-refractivity contribution < 1.29 is 18.1 Å². The Labute approximate surface area is 224 Å². The fraction of sp³-hybridized carbons (Fsp3) is 0.960. The molecule has 212 valence electrons. The summed E-state index contributed by atoms with van der Waals surface area (Å²) in [4.78, 5) is 16.1. The van der Waals surface area contributed by atoms with E-state index in [9.17, 15) is 9.18 Å². The van der Waals surface area contributed by atoms with Crippen LogP contribution >= 0.6 is 11.8 Å². The van der Waals surface area contributed by atoms with Crippen molar-refractivity contribution in [2.24, 2.45) is 23.3 Å². The van der Waals surface area contributed by atoms with Crippen molar-refractivity contribution >= 4 is 17.7 Å². The molecule has 5 aliphatic rings. The molecular formula is C25H47F2N8OS+. The molecule has 5 heterocycles. The summed E-state index contributed by atoms with van der Waals surface area (Å²) in [7, 11) is 0. The number of nitrogens with one attached hydrogen (secondary N) is 4. The van der Waals surface area contributed by atoms with E-state index in [-0.39, 0.29) is 30.7 Å². The summed E-state index contributed by atoms with van der Waals surface area (Å²) >= 11 is 2.00. The Bertz CT molecular complexity index is 761. The van der Waals surface area contributed by atoms with Crippen LogP contribution in [0.1, 0.15) is 32.1 Å². The minimum atomic E-state index is -1.07. The maximum Gasteiger partial charge on any atom is 0.233 e. The molecular weight excluding hydrogens is 498 g/mol. The number of rotatable bonds is 6. The quantitative estimate of drug-likeness (QED) is 0.191. The third-order valence-electron chi connectivity index (χ3n) is 9.45. The first kappa shape index (κ1) is 27.9. The van der Waals surface area contributed by atoms with Gasteiger partial charge in [-0.2, -0.15) is 0 Å². The molecule has 0 saturated carbocycles. The van der Waals surface area contributed by atoms with Crippen molar-refractivity contribution in [2.75, 3.05) is 64.7 Å². The highest BCUT2D eigenvalue weighted by atomic mass is 32.2. The second-order valence-electron chi connectivity index (χ2n) is 11.9. The zero-order chi connectivity index (χ0) is 26.0. The summed E-state index contributed by atoms with van der Waals surface area (Å²) < 4.78 is 30.4. The number of alkyl halides is 2. The van der Waals surface area contributed by atoms with Gasteiger partial charge in [0.15, 0.2) is 12.3 Å². The second kappa shape index (κ2) is 12.3. The van der Waals surface area contributed by atoms with E-state index in [4.69, 9.17) is 11.5 Å². The summed E-state index contributed by atoms with van der Waals surface area (Å²) in [6.45, 7) is 5.76. The third kappa shape index (κ3) is 6.11. The number of carbonyl (C=O) groups is 1. The summed E-state index contributed by atoms with van der Waals surface area (Å²) in [5.74, 6) is 0.798. The number of halogens is 2. The van der Waals surface area contributed by atoms with Gasteiger partial charge in [0.25, 0.3) is 0 Å². The van der Waals surface area contributed by atoms with Gasteiger partial charge in [0.05, 0.1) is 36.7 Å². The van der Waals surface area contributed by atoms with Gasteiger partial charge in [-0.1, -0.05) is 0 Å². The van der Waals surface area contributed by atoms with E-state index in [1.165, 1.54) is 0 Å². The van der Waals surface area contributed by atoms with Crippen LogP contribution in [0.3, 0.4) is 0 Å². The summed E-state index contributed by atoms with van der Waals surface area (Å²) in [6, 6.07) is -0.752. The number of carbonyl (C=O) groups excluding carboxylic acids is 1. The lowest BCUT2D eigenvalue weighted by Gasteiger charge is -2.53. The Morgan fingerprint density at radius 2 is 1.81 bits per heavy atom. The van der Waals surface area contributed by atoms with Gasteiger partial charge >= 0.3 is 0 Å². The van der Waals surface area contributed by atoms with E-state index in [1.54, 1.807) is 0 Å². The van der Waals surface area contributed by atoms with Gasteiger partial charge < -0.3 is 31.9 Å². The standard InChI is InChI=1S/C25H46F2N8OS/c26-17-12-32-23(35(15-17)9-2-1-3-10-35)20(22(28)29)24(36)33-19-14-30-13-18(27)21(19)34-7-4-16(5-8-34)25-31-6-11-37-25/h16-23,25,30-32H,1-15,28-29H2/p+1. The van der Waals surface area contributed by atoms with E-state index in [2.05, 4.69) is 26.2 Å². The largest absolute Gasteiger partial charge is 0.350 e. The van der Waals surface area contributed by atoms with Crippen LogP contribution in [-0.2, 0) is 4.79 Å². The number of hydrogen-bond donors (Lipinski definition) is 6. The average Bonchev–Trinajstić information content (AvgIpc) is 3.41. The molecule has 0 aliphatic carbocycles. The fourth-order valence-corrected chi connectivity index (χ4v) is 8.92. The van der Waals surface area contributed by atoms with E-state index >= 15 is 4.39 Å². The van der Waals surface area contributed by atoms with Gasteiger partial charge in [0.2, 0.25) is 5.91 Å². The Morgan fingerprint density at radius 3 is 2.49 bits per heavy atom. The van der Waals surface area contributed by atoms with Crippen molar-refractivity contribution in [1.29, 1.82) is 0 Å². The molecule has 0 radical (unpaired) electrons. The molecule has 8 N–H and O–H groups in total. The Morgan fingerprint density at radius 1 is 1.05 bits per heavy atom. The van der Waals surface area contributed by atoms with Crippen molar-refractivity contribution in [2.45, 2.75) is 74.2 Å². The van der Waals surface area contributed by atoms with E-state index < -0.39 is 24.4 Å². The van der Waals surface area contributed by atoms with Crippen molar-refractivity contribution in [3.63, 3.8) is 0 Å². The highest BCUT2D eigenvalue weighted by Gasteiger charge is 2.52. The van der Waals surface area contributed by atoms with Gasteiger partial charge in [-0.15, -0.1) is 11.8 Å². The number of nitrogens with zero attached hydrogens (tertiary/aromatic N) is 2. The minimum absolute atomic E-state index is 0.199. The number of nitrogens with two attached hydrogens (primary N) is 2. The number of likely N-dealkylation sites (tertiary alicyclic amines) is 1. The van der Waals surface area contributed by atoms with Gasteiger partial charge in [-0.05, 0) is 51.1 Å². The molecule has 0 aromatic heterocycles. The molecule has 5 rings (SSSR count). The topological polar surface area (TPSA) is 120 Å². The van der Waals surface area contributed by atoms with Gasteiger partial charge in [0.1, 0.15) is 18.6 Å². The lowest BCUT2D eigenvalue weighted by Crippen LogP contribution is -2.76. The molecule has 37 heavy (non-hydrogen) atoms. The lowest BCUT2D eigenvalue weighted by molar-refractivity contribution is -0.967. The molecule has 0 bridgehead atoms. The van der Waals surface area contributed by atoms with Gasteiger partial charge in [-0.3, -0.25) is 15.0 Å². The molecule has 0 aromatic carbocycles. The van der Waals surface area contributed by atoms with Crippen molar-refractivity contribution in [3.05, 3.63) is 0 Å². The van der Waals surface area contributed by atoms with Crippen LogP contribution in [0.2, 0.25) is 0 Å². The van der Waals surface area contributed by atoms with Crippen molar-refractivity contribution in [3.8, 4) is 0 Å². The monoisotopic (exact) mass is 545 g/mol. The molecule has 7 atom stereocenters. The van der Waals surface area contributed by atoms with Crippen LogP contribution < -0.4 is 32.7 Å². The molecule has 9 nitrogen and oxygen atoms in total. The molecule has 1 spiro atoms. The average molecular weight is 546 g/mol. The molecule has 7 unspecified atom stereocenters. The van der Waals surface area contributed by atoms with Crippen LogP contribution in [0.15, 0.2) is 0 Å². The second-order valence-corrected chi connectivity index (χ2v) is 13.1. The predicted molar refractivity (Wildman–Crippen MR) is 143 cm³/mol. The minimum Gasteiger partial charge on any atom is -0.350 e. The number of amides is 1. The zero-order valence-electron chi connectivity index (χ0n) is 21.9. The summed E-state index contributed by atoms with van der Waals surface area (Å²) in [5, 5.41) is 13.7. The Hall–Kier alpha value is -0.600. The summed E-state index contributed by atoms with van der Waals surface area (Å²) in [5.41, 5.74) is 12.5. The fourth-order valence-electron chi connectivity index (χ4n) is 7.65. The normalized spacial score (nSPS) is 38.6. The van der Waals surface area contributed by atoms with Crippen LogP contribution in [0.4, 0.5) is 8.78 Å². The first-order valence-corrected chi connectivity index (χ1v) is 15.4. The molecule has 5 fully saturated rings. The molecule has 1 amide bonds. The van der Waals surface area contributed by atoms with Gasteiger partial charge in [-0.25, -0.2) is 8.78 Å². The van der Waals surface area contributed by atoms with E-state index in [0.717, 1.165) is 70.6 Å². The first-order valence-electron chi connectivity index (χ1n) is 14.4. The molecule has 0 aromatic rings. The lowest BCUT2D eigenvalue weighted by atomic mass is 9.89. The highest BCUT2D eigenvalue weighted by molar-refractivity contribution is 8.00. The van der Waals surface area contributed by atoms with Crippen LogP contribution in [-0.4, -0.2) is 122 Å². The van der Waals surface area contributed by atoms with E-state index in [0.29, 0.717) is 35.4 Å². The van der Waals surface area contributed by atoms with Crippen molar-refractivity contribution in [1.82, 2.24) is 26.2 Å². The van der Waals surface area contributed by atoms with Crippen LogP contribution in [0.5, 0.6) is 0 Å². The molecule has 12 heteroatoms. The maximum absolute atomic E-state index is 15.4. The van der Waals surface area contributed by atoms with Crippen LogP contribution in [0, 0.1) is 11.8 Å². The SMILES string of the molecule is NC(N)C(C(=O)NC1CNCC(F)C1N1CCC(C2NCCS2)CC1)C1NCC(F)C[N+]12CCCCC2. The Balaban J connectivity index is 1.27. The number of thioether (sulfide) groups is 1. The summed E-state index contributed by atoms with van der Waals surface area (Å²) in [6.07, 6.45) is 1.94. The first-order chi connectivity index (χ1) is 17.9. The predicted octanol–water partition coefficient (Wildman–Crippen LogP) is -0.717. The van der Waals surface area contributed by atoms with Gasteiger partial charge in [0, 0.05) is 31.9 Å². The maximum atomic E-state index is 15.4. The van der Waals surface area contributed by atoms with E-state index in [1.807, 2.05) is 11.8 Å².